The van der Waals surface area contributed by atoms with Crippen molar-refractivity contribution in [2.45, 2.75) is 6.10 Å². The van der Waals surface area contributed by atoms with Crippen molar-refractivity contribution >= 4 is 21.8 Å². The van der Waals surface area contributed by atoms with Gasteiger partial charge in [0.05, 0.1) is 22.7 Å². The van der Waals surface area contributed by atoms with Crippen LogP contribution in [0, 0.1) is 5.82 Å². The lowest BCUT2D eigenvalue weighted by Gasteiger charge is -2.32. The molecule has 0 saturated carbocycles. The Balaban J connectivity index is 2.18. The Morgan fingerprint density at radius 1 is 1.61 bits per heavy atom. The molecule has 4 nitrogen and oxygen atoms in total. The van der Waals surface area contributed by atoms with E-state index in [0.717, 1.165) is 0 Å². The van der Waals surface area contributed by atoms with Crippen LogP contribution >= 0.6 is 15.9 Å². The third kappa shape index (κ3) is 2.71. The summed E-state index contributed by atoms with van der Waals surface area (Å²) < 4.78 is 19.5. The molecule has 6 heteroatoms. The third-order valence-corrected chi connectivity index (χ3v) is 3.48. The van der Waals surface area contributed by atoms with Gasteiger partial charge in [0.25, 0.3) is 5.91 Å². The molecule has 0 spiro atoms. The quantitative estimate of drug-likeness (QED) is 0.897. The van der Waals surface area contributed by atoms with Gasteiger partial charge in [-0.1, -0.05) is 6.07 Å². The first kappa shape index (κ1) is 13.5. The second-order valence-corrected chi connectivity index (χ2v) is 4.94. The first-order chi connectivity index (χ1) is 8.63. The first-order valence-corrected chi connectivity index (χ1v) is 6.47. The van der Waals surface area contributed by atoms with Gasteiger partial charge in [0.2, 0.25) is 0 Å². The van der Waals surface area contributed by atoms with Gasteiger partial charge in [0.1, 0.15) is 5.82 Å². The summed E-state index contributed by atoms with van der Waals surface area (Å²) in [6.45, 7) is 1.65. The average molecular weight is 317 g/mol. The number of rotatable bonds is 2. The van der Waals surface area contributed by atoms with E-state index in [4.69, 9.17) is 10.5 Å². The Labute approximate surface area is 113 Å². The van der Waals surface area contributed by atoms with Crippen molar-refractivity contribution < 1.29 is 13.9 Å². The molecule has 1 aromatic carbocycles. The summed E-state index contributed by atoms with van der Waals surface area (Å²) in [6.07, 6.45) is -0.169. The van der Waals surface area contributed by atoms with Gasteiger partial charge in [-0.05, 0) is 28.1 Å². The molecular weight excluding hydrogens is 303 g/mol. The molecule has 1 heterocycles. The van der Waals surface area contributed by atoms with Crippen LogP contribution in [0.4, 0.5) is 4.39 Å². The minimum atomic E-state index is -0.529. The molecule has 1 aliphatic rings. The number of nitrogens with zero attached hydrogens (tertiary/aromatic N) is 1. The number of morpholine rings is 1. The smallest absolute Gasteiger partial charge is 0.257 e. The van der Waals surface area contributed by atoms with E-state index < -0.39 is 5.82 Å². The lowest BCUT2D eigenvalue weighted by atomic mass is 10.1. The fourth-order valence-corrected chi connectivity index (χ4v) is 2.25. The largest absolute Gasteiger partial charge is 0.373 e. The maximum atomic E-state index is 13.8. The number of carbonyl (C=O) groups is 1. The summed E-state index contributed by atoms with van der Waals surface area (Å²) in [7, 11) is 0. The summed E-state index contributed by atoms with van der Waals surface area (Å²) in [6, 6.07) is 4.69. The van der Waals surface area contributed by atoms with Crippen LogP contribution in [0.25, 0.3) is 0 Å². The SMILES string of the molecule is NCC1CN(C(=O)c2cccc(Br)c2F)CCO1. The lowest BCUT2D eigenvalue weighted by molar-refractivity contribution is -0.0169. The van der Waals surface area contributed by atoms with E-state index >= 15 is 0 Å². The minimum absolute atomic E-state index is 0.0713. The van der Waals surface area contributed by atoms with Crippen LogP contribution in [0.5, 0.6) is 0 Å². The first-order valence-electron chi connectivity index (χ1n) is 5.68. The Kier molecular flexibility index (Phi) is 4.31. The van der Waals surface area contributed by atoms with Crippen molar-refractivity contribution in [2.75, 3.05) is 26.2 Å². The van der Waals surface area contributed by atoms with Crippen molar-refractivity contribution in [1.82, 2.24) is 4.90 Å². The molecule has 0 bridgehead atoms. The summed E-state index contributed by atoms with van der Waals surface area (Å²) >= 11 is 3.07. The number of carbonyl (C=O) groups excluding carboxylic acids is 1. The monoisotopic (exact) mass is 316 g/mol. The maximum absolute atomic E-state index is 13.8. The molecule has 1 unspecified atom stereocenters. The second-order valence-electron chi connectivity index (χ2n) is 4.08. The molecule has 1 atom stereocenters. The topological polar surface area (TPSA) is 55.6 Å². The van der Waals surface area contributed by atoms with E-state index in [9.17, 15) is 9.18 Å². The van der Waals surface area contributed by atoms with Gasteiger partial charge >= 0.3 is 0 Å². The summed E-state index contributed by atoms with van der Waals surface area (Å²) in [5.74, 6) is -0.853. The number of amides is 1. The summed E-state index contributed by atoms with van der Waals surface area (Å²) in [5, 5.41) is 0. The zero-order valence-electron chi connectivity index (χ0n) is 9.73. The van der Waals surface area contributed by atoms with Crippen LogP contribution in [0.3, 0.4) is 0 Å². The number of benzene rings is 1. The Morgan fingerprint density at radius 3 is 3.11 bits per heavy atom. The predicted octanol–water partition coefficient (Wildman–Crippen LogP) is 1.39. The number of ether oxygens (including phenoxy) is 1. The van der Waals surface area contributed by atoms with Gasteiger partial charge < -0.3 is 15.4 Å². The van der Waals surface area contributed by atoms with E-state index in [1.807, 2.05) is 0 Å². The van der Waals surface area contributed by atoms with Crippen LogP contribution in [-0.2, 0) is 4.74 Å². The average Bonchev–Trinajstić information content (AvgIpc) is 2.41. The van der Waals surface area contributed by atoms with E-state index in [1.54, 1.807) is 17.0 Å². The van der Waals surface area contributed by atoms with Gasteiger partial charge in [-0.25, -0.2) is 4.39 Å². The van der Waals surface area contributed by atoms with Crippen LogP contribution < -0.4 is 5.73 Å². The Bertz CT molecular complexity index is 456. The molecule has 2 N–H and O–H groups in total. The molecule has 1 saturated heterocycles. The number of nitrogens with two attached hydrogens (primary N) is 1. The van der Waals surface area contributed by atoms with Gasteiger partial charge in [0, 0.05) is 19.6 Å². The minimum Gasteiger partial charge on any atom is -0.373 e. The standard InChI is InChI=1S/C12H14BrFN2O2/c13-10-3-1-2-9(11(10)14)12(17)16-4-5-18-8(6-15)7-16/h1-3,8H,4-7,15H2. The summed E-state index contributed by atoms with van der Waals surface area (Å²) in [4.78, 5) is 13.8. The Morgan fingerprint density at radius 2 is 2.39 bits per heavy atom. The predicted molar refractivity (Wildman–Crippen MR) is 68.8 cm³/mol. The van der Waals surface area contributed by atoms with Crippen molar-refractivity contribution in [3.8, 4) is 0 Å². The van der Waals surface area contributed by atoms with Crippen LogP contribution in [-0.4, -0.2) is 43.2 Å². The highest BCUT2D eigenvalue weighted by molar-refractivity contribution is 9.10. The lowest BCUT2D eigenvalue weighted by Crippen LogP contribution is -2.48. The number of halogens is 2. The van der Waals surface area contributed by atoms with Gasteiger partial charge in [-0.15, -0.1) is 0 Å². The van der Waals surface area contributed by atoms with Crippen LogP contribution in [0.2, 0.25) is 0 Å². The molecular formula is C12H14BrFN2O2. The molecule has 18 heavy (non-hydrogen) atoms. The van der Waals surface area contributed by atoms with E-state index in [1.165, 1.54) is 6.07 Å². The zero-order valence-corrected chi connectivity index (χ0v) is 11.3. The molecule has 0 radical (unpaired) electrons. The Hall–Kier alpha value is -0.980. The van der Waals surface area contributed by atoms with E-state index in [0.29, 0.717) is 26.2 Å². The summed E-state index contributed by atoms with van der Waals surface area (Å²) in [5.41, 5.74) is 5.59. The molecule has 1 fully saturated rings. The van der Waals surface area contributed by atoms with E-state index in [-0.39, 0.29) is 22.0 Å². The normalized spacial score (nSPS) is 19.9. The van der Waals surface area contributed by atoms with Crippen molar-refractivity contribution in [3.05, 3.63) is 34.1 Å². The fraction of sp³-hybridized carbons (Fsp3) is 0.417. The number of hydrogen-bond donors (Lipinski definition) is 1. The van der Waals surface area contributed by atoms with Crippen molar-refractivity contribution in [2.24, 2.45) is 5.73 Å². The third-order valence-electron chi connectivity index (χ3n) is 2.87. The molecule has 2 rings (SSSR count). The molecule has 98 valence electrons. The molecule has 1 aromatic rings. The van der Waals surface area contributed by atoms with Crippen molar-refractivity contribution in [3.63, 3.8) is 0 Å². The highest BCUT2D eigenvalue weighted by Gasteiger charge is 2.26. The van der Waals surface area contributed by atoms with Gasteiger partial charge in [0.15, 0.2) is 0 Å². The molecule has 1 amide bonds. The number of hydrogen-bond acceptors (Lipinski definition) is 3. The van der Waals surface area contributed by atoms with Crippen molar-refractivity contribution in [1.29, 1.82) is 0 Å². The van der Waals surface area contributed by atoms with Gasteiger partial charge in [-0.2, -0.15) is 0 Å². The highest BCUT2D eigenvalue weighted by Crippen LogP contribution is 2.20. The highest BCUT2D eigenvalue weighted by atomic mass is 79.9. The molecule has 1 aliphatic heterocycles. The van der Waals surface area contributed by atoms with Crippen LogP contribution in [0.1, 0.15) is 10.4 Å². The zero-order chi connectivity index (χ0) is 13.1. The van der Waals surface area contributed by atoms with E-state index in [2.05, 4.69) is 15.9 Å². The van der Waals surface area contributed by atoms with Crippen LogP contribution in [0.15, 0.2) is 22.7 Å². The fourth-order valence-electron chi connectivity index (χ4n) is 1.89. The molecule has 0 aromatic heterocycles. The maximum Gasteiger partial charge on any atom is 0.257 e. The molecule has 0 aliphatic carbocycles. The van der Waals surface area contributed by atoms with Gasteiger partial charge in [-0.3, -0.25) is 4.79 Å². The second kappa shape index (κ2) is 5.77.